The summed E-state index contributed by atoms with van der Waals surface area (Å²) in [6, 6.07) is 4.07. The lowest BCUT2D eigenvalue weighted by molar-refractivity contribution is 1.28. The third-order valence-corrected chi connectivity index (χ3v) is 1.86. The normalized spacial score (nSPS) is 10.7. The average Bonchev–Trinajstić information content (AvgIpc) is 2.31. The van der Waals surface area contributed by atoms with Gasteiger partial charge in [0.05, 0.1) is 11.0 Å². The highest BCUT2D eigenvalue weighted by molar-refractivity contribution is 5.78. The summed E-state index contributed by atoms with van der Waals surface area (Å²) in [4.78, 5) is 7.50. The van der Waals surface area contributed by atoms with Crippen LogP contribution in [-0.2, 0) is 0 Å². The van der Waals surface area contributed by atoms with Gasteiger partial charge in [-0.3, -0.25) is 4.98 Å². The Morgan fingerprint density at radius 2 is 2.18 bits per heavy atom. The molecular weight excluding hydrogens is 136 g/mol. The van der Waals surface area contributed by atoms with Crippen molar-refractivity contribution in [1.82, 2.24) is 9.97 Å². The second kappa shape index (κ2) is 2.09. The first-order chi connectivity index (χ1) is 5.27. The maximum Gasteiger partial charge on any atom is 0.0884 e. The predicted molar refractivity (Wildman–Crippen MR) is 45.6 cm³/mol. The summed E-state index contributed by atoms with van der Waals surface area (Å²) in [5, 5.41) is 0. The third-order valence-electron chi connectivity index (χ3n) is 1.86. The number of H-pyrrole nitrogens is 1. The second-order valence-electron chi connectivity index (χ2n) is 2.84. The van der Waals surface area contributed by atoms with Crippen molar-refractivity contribution < 1.29 is 0 Å². The Labute approximate surface area is 65.3 Å². The van der Waals surface area contributed by atoms with Crippen LogP contribution in [0.15, 0.2) is 18.3 Å². The molecular formula is C9H10N2. The van der Waals surface area contributed by atoms with Gasteiger partial charge >= 0.3 is 0 Å². The molecule has 2 aromatic rings. The molecule has 0 unspecified atom stereocenters. The minimum absolute atomic E-state index is 1.06. The summed E-state index contributed by atoms with van der Waals surface area (Å²) in [5.41, 5.74) is 4.64. The van der Waals surface area contributed by atoms with Gasteiger partial charge in [0.25, 0.3) is 0 Å². The fraction of sp³-hybridized carbons (Fsp3) is 0.222. The van der Waals surface area contributed by atoms with E-state index in [-0.39, 0.29) is 0 Å². The molecule has 2 nitrogen and oxygen atoms in total. The number of hydrogen-bond donors (Lipinski definition) is 1. The molecule has 11 heavy (non-hydrogen) atoms. The van der Waals surface area contributed by atoms with E-state index in [0.29, 0.717) is 0 Å². The van der Waals surface area contributed by atoms with Crippen LogP contribution < -0.4 is 0 Å². The minimum Gasteiger partial charge on any atom is -0.357 e. The Balaban J connectivity index is 2.90. The van der Waals surface area contributed by atoms with E-state index < -0.39 is 0 Å². The zero-order valence-corrected chi connectivity index (χ0v) is 6.68. The van der Waals surface area contributed by atoms with E-state index in [2.05, 4.69) is 23.0 Å². The molecule has 0 radical (unpaired) electrons. The van der Waals surface area contributed by atoms with Gasteiger partial charge in [-0.2, -0.15) is 0 Å². The summed E-state index contributed by atoms with van der Waals surface area (Å²) in [5.74, 6) is 0. The van der Waals surface area contributed by atoms with E-state index in [1.54, 1.807) is 0 Å². The number of aryl methyl sites for hydroxylation is 2. The van der Waals surface area contributed by atoms with Gasteiger partial charge < -0.3 is 4.98 Å². The van der Waals surface area contributed by atoms with Gasteiger partial charge in [-0.15, -0.1) is 0 Å². The molecule has 2 aromatic heterocycles. The number of rotatable bonds is 0. The number of nitrogens with one attached hydrogen (secondary N) is 1. The van der Waals surface area contributed by atoms with Gasteiger partial charge in [-0.1, -0.05) is 0 Å². The monoisotopic (exact) mass is 146 g/mol. The van der Waals surface area contributed by atoms with Gasteiger partial charge in [-0.05, 0) is 31.5 Å². The standard InChI is InChI=1S/C9H10N2/c1-6-3-4-10-8-5-7(2)11-9(6)8/h3-5,11H,1-2H3. The third kappa shape index (κ3) is 0.909. The molecule has 2 rings (SSSR count). The quantitative estimate of drug-likeness (QED) is 0.606. The molecule has 0 aromatic carbocycles. The van der Waals surface area contributed by atoms with E-state index >= 15 is 0 Å². The van der Waals surface area contributed by atoms with E-state index in [1.807, 2.05) is 19.2 Å². The summed E-state index contributed by atoms with van der Waals surface area (Å²) >= 11 is 0. The number of nitrogens with zero attached hydrogens (tertiary/aromatic N) is 1. The minimum atomic E-state index is 1.06. The largest absolute Gasteiger partial charge is 0.357 e. The van der Waals surface area contributed by atoms with Gasteiger partial charge in [0, 0.05) is 11.9 Å². The highest BCUT2D eigenvalue weighted by atomic mass is 14.8. The first kappa shape index (κ1) is 6.40. The van der Waals surface area contributed by atoms with Gasteiger partial charge in [0.1, 0.15) is 0 Å². The van der Waals surface area contributed by atoms with Crippen LogP contribution in [0.25, 0.3) is 11.0 Å². The van der Waals surface area contributed by atoms with Crippen molar-refractivity contribution in [3.8, 4) is 0 Å². The Bertz CT molecular complexity index is 387. The van der Waals surface area contributed by atoms with Crippen molar-refractivity contribution in [2.75, 3.05) is 0 Å². The van der Waals surface area contributed by atoms with Crippen LogP contribution in [0.5, 0.6) is 0 Å². The van der Waals surface area contributed by atoms with Crippen LogP contribution in [0, 0.1) is 13.8 Å². The molecule has 1 N–H and O–H groups in total. The average molecular weight is 146 g/mol. The van der Waals surface area contributed by atoms with Gasteiger partial charge in [-0.25, -0.2) is 0 Å². The van der Waals surface area contributed by atoms with E-state index in [1.165, 1.54) is 11.3 Å². The van der Waals surface area contributed by atoms with Crippen molar-refractivity contribution in [2.45, 2.75) is 13.8 Å². The van der Waals surface area contributed by atoms with E-state index in [9.17, 15) is 0 Å². The molecule has 0 aliphatic rings. The molecule has 0 amide bonds. The van der Waals surface area contributed by atoms with Crippen LogP contribution in [0.3, 0.4) is 0 Å². The Morgan fingerprint density at radius 1 is 1.36 bits per heavy atom. The molecule has 0 saturated carbocycles. The Morgan fingerprint density at radius 3 is 2.91 bits per heavy atom. The smallest absolute Gasteiger partial charge is 0.0884 e. The molecule has 2 heteroatoms. The van der Waals surface area contributed by atoms with Crippen molar-refractivity contribution in [3.63, 3.8) is 0 Å². The zero-order chi connectivity index (χ0) is 7.84. The Hall–Kier alpha value is -1.31. The lowest BCUT2D eigenvalue weighted by Crippen LogP contribution is -1.77. The lowest BCUT2D eigenvalue weighted by Gasteiger charge is -1.91. The van der Waals surface area contributed by atoms with Gasteiger partial charge in [0.2, 0.25) is 0 Å². The molecule has 0 saturated heterocycles. The lowest BCUT2D eigenvalue weighted by atomic mass is 10.2. The number of aromatic amines is 1. The summed E-state index contributed by atoms with van der Waals surface area (Å²) in [6.45, 7) is 4.13. The predicted octanol–water partition coefficient (Wildman–Crippen LogP) is 2.18. The number of hydrogen-bond acceptors (Lipinski definition) is 1. The van der Waals surface area contributed by atoms with Crippen LogP contribution in [-0.4, -0.2) is 9.97 Å². The van der Waals surface area contributed by atoms with E-state index in [0.717, 1.165) is 11.0 Å². The molecule has 0 aliphatic carbocycles. The summed E-state index contributed by atoms with van der Waals surface area (Å²) in [7, 11) is 0. The SMILES string of the molecule is Cc1cc2nccc(C)c2[nH]1. The molecule has 0 bridgehead atoms. The highest BCUT2D eigenvalue weighted by Crippen LogP contribution is 2.15. The van der Waals surface area contributed by atoms with Crippen LogP contribution in [0.4, 0.5) is 0 Å². The zero-order valence-electron chi connectivity index (χ0n) is 6.68. The maximum atomic E-state index is 4.23. The van der Waals surface area contributed by atoms with Gasteiger partial charge in [0.15, 0.2) is 0 Å². The fourth-order valence-corrected chi connectivity index (χ4v) is 1.29. The van der Waals surface area contributed by atoms with E-state index in [4.69, 9.17) is 0 Å². The first-order valence-corrected chi connectivity index (χ1v) is 3.68. The fourth-order valence-electron chi connectivity index (χ4n) is 1.29. The summed E-state index contributed by atoms with van der Waals surface area (Å²) < 4.78 is 0. The van der Waals surface area contributed by atoms with Crippen molar-refractivity contribution >= 4 is 11.0 Å². The summed E-state index contributed by atoms with van der Waals surface area (Å²) in [6.07, 6.45) is 1.84. The molecule has 0 spiro atoms. The van der Waals surface area contributed by atoms with Crippen LogP contribution in [0.1, 0.15) is 11.3 Å². The number of fused-ring (bicyclic) bond motifs is 1. The second-order valence-corrected chi connectivity index (χ2v) is 2.84. The molecule has 2 heterocycles. The Kier molecular flexibility index (Phi) is 1.22. The van der Waals surface area contributed by atoms with Crippen molar-refractivity contribution in [3.05, 3.63) is 29.6 Å². The molecule has 0 aliphatic heterocycles. The molecule has 0 atom stereocenters. The van der Waals surface area contributed by atoms with Crippen LogP contribution in [0.2, 0.25) is 0 Å². The number of aromatic nitrogens is 2. The molecule has 0 fully saturated rings. The maximum absolute atomic E-state index is 4.23. The highest BCUT2D eigenvalue weighted by Gasteiger charge is 1.99. The van der Waals surface area contributed by atoms with Crippen molar-refractivity contribution in [1.29, 1.82) is 0 Å². The van der Waals surface area contributed by atoms with Crippen molar-refractivity contribution in [2.24, 2.45) is 0 Å². The topological polar surface area (TPSA) is 28.7 Å². The first-order valence-electron chi connectivity index (χ1n) is 3.68. The van der Waals surface area contributed by atoms with Crippen LogP contribution >= 0.6 is 0 Å². The number of pyridine rings is 1. The molecule has 56 valence electrons.